The average Bonchev–Trinajstić information content (AvgIpc) is 3.22. The zero-order valence-corrected chi connectivity index (χ0v) is 24.1. The van der Waals surface area contributed by atoms with Crippen LogP contribution in [0.15, 0.2) is 24.3 Å². The first-order valence-corrected chi connectivity index (χ1v) is 13.6. The van der Waals surface area contributed by atoms with E-state index in [4.69, 9.17) is 9.47 Å². The fourth-order valence-corrected chi connectivity index (χ4v) is 5.86. The molecule has 1 aromatic rings. The molecule has 3 aliphatic rings. The van der Waals surface area contributed by atoms with Crippen LogP contribution < -0.4 is 20.7 Å². The topological polar surface area (TPSA) is 150 Å². The third-order valence-corrected chi connectivity index (χ3v) is 8.51. The van der Waals surface area contributed by atoms with Gasteiger partial charge in [0.15, 0.2) is 6.10 Å². The number of nitrogens with zero attached hydrogens (tertiary/aromatic N) is 2. The quantitative estimate of drug-likeness (QED) is 0.445. The summed E-state index contributed by atoms with van der Waals surface area (Å²) in [4.78, 5) is 54.4. The van der Waals surface area contributed by atoms with Crippen LogP contribution in [0.25, 0.3) is 0 Å². The molecular weight excluding hydrogens is 514 g/mol. The monoisotopic (exact) mass is 553 g/mol. The van der Waals surface area contributed by atoms with E-state index in [2.05, 4.69) is 35.9 Å². The van der Waals surface area contributed by atoms with E-state index in [-0.39, 0.29) is 29.6 Å². The Bertz CT molecular complexity index is 1230. The summed E-state index contributed by atoms with van der Waals surface area (Å²) in [6.45, 7) is 11.6. The van der Waals surface area contributed by atoms with E-state index in [1.54, 1.807) is 31.2 Å². The summed E-state index contributed by atoms with van der Waals surface area (Å²) in [5.74, 6) is -1.12. The first-order chi connectivity index (χ1) is 18.7. The number of likely N-dealkylation sites (tertiary alicyclic amines) is 1. The van der Waals surface area contributed by atoms with Crippen molar-refractivity contribution < 1.29 is 28.7 Å². The van der Waals surface area contributed by atoms with Gasteiger partial charge in [0.05, 0.1) is 11.8 Å². The number of piperidine rings is 1. The highest BCUT2D eigenvalue weighted by atomic mass is 16.5. The Kier molecular flexibility index (Phi) is 7.87. The second-order valence-electron chi connectivity index (χ2n) is 12.6. The molecule has 0 spiro atoms. The standard InChI is InChI=1S/C29H39N5O6/c1-15(39-7)24(35)33-23(28(2,3)4)27(38)34-14-17-21(29(17,5)6)22(34)26(37)31-16(13-30)12-20-25(36)32-18-10-8-9-11-19(18)40-20/h8-11,15-17,20-23H,12,14H2,1-7H3,(H,31,37)(H,32,36)(H,33,35)/t15?,16?,17-,20-,21-,22-,23?/m0/s1. The van der Waals surface area contributed by atoms with Crippen molar-refractivity contribution in [2.24, 2.45) is 22.7 Å². The molecule has 216 valence electrons. The minimum Gasteiger partial charge on any atom is -0.478 e. The molecule has 1 aromatic carbocycles. The smallest absolute Gasteiger partial charge is 0.265 e. The van der Waals surface area contributed by atoms with Crippen molar-refractivity contribution >= 4 is 29.3 Å². The Morgan fingerprint density at radius 2 is 1.93 bits per heavy atom. The highest BCUT2D eigenvalue weighted by molar-refractivity contribution is 5.98. The van der Waals surface area contributed by atoms with E-state index < -0.39 is 53.5 Å². The number of amides is 4. The fourth-order valence-electron chi connectivity index (χ4n) is 5.86. The van der Waals surface area contributed by atoms with Crippen LogP contribution in [0, 0.1) is 34.0 Å². The predicted molar refractivity (Wildman–Crippen MR) is 146 cm³/mol. The molecule has 40 heavy (non-hydrogen) atoms. The predicted octanol–water partition coefficient (Wildman–Crippen LogP) is 1.83. The summed E-state index contributed by atoms with van der Waals surface area (Å²) in [5, 5.41) is 18.2. The molecule has 2 heterocycles. The number of hydrogen-bond acceptors (Lipinski definition) is 7. The molecule has 4 rings (SSSR count). The Balaban J connectivity index is 1.51. The number of nitrogens with one attached hydrogen (secondary N) is 3. The molecule has 11 nitrogen and oxygen atoms in total. The van der Waals surface area contributed by atoms with Crippen LogP contribution >= 0.6 is 0 Å². The number of fused-ring (bicyclic) bond motifs is 2. The van der Waals surface area contributed by atoms with Crippen molar-refractivity contribution in [1.82, 2.24) is 15.5 Å². The second-order valence-corrected chi connectivity index (χ2v) is 12.6. The van der Waals surface area contributed by atoms with Crippen molar-refractivity contribution in [2.75, 3.05) is 19.0 Å². The number of nitriles is 1. The first-order valence-electron chi connectivity index (χ1n) is 13.6. The molecular formula is C29H39N5O6. The maximum absolute atomic E-state index is 13.9. The minimum atomic E-state index is -1.02. The van der Waals surface area contributed by atoms with E-state index in [1.165, 1.54) is 12.0 Å². The number of hydrogen-bond donors (Lipinski definition) is 3. The number of benzene rings is 1. The van der Waals surface area contributed by atoms with Gasteiger partial charge in [-0.05, 0) is 41.7 Å². The molecule has 4 amide bonds. The van der Waals surface area contributed by atoms with E-state index >= 15 is 0 Å². The lowest BCUT2D eigenvalue weighted by molar-refractivity contribution is -0.147. The number of anilines is 1. The molecule has 3 unspecified atom stereocenters. The van der Waals surface area contributed by atoms with Gasteiger partial charge in [0.2, 0.25) is 17.7 Å². The zero-order chi connectivity index (χ0) is 29.6. The maximum atomic E-state index is 13.9. The zero-order valence-electron chi connectivity index (χ0n) is 24.1. The van der Waals surface area contributed by atoms with Gasteiger partial charge in [-0.15, -0.1) is 0 Å². The van der Waals surface area contributed by atoms with Crippen LogP contribution in [0.3, 0.4) is 0 Å². The molecule has 1 saturated carbocycles. The van der Waals surface area contributed by atoms with Crippen molar-refractivity contribution in [1.29, 1.82) is 5.26 Å². The molecule has 7 atom stereocenters. The maximum Gasteiger partial charge on any atom is 0.265 e. The summed E-state index contributed by atoms with van der Waals surface area (Å²) in [6, 6.07) is 6.33. The summed E-state index contributed by atoms with van der Waals surface area (Å²) in [5.41, 5.74) is -0.244. The van der Waals surface area contributed by atoms with Crippen molar-refractivity contribution in [3.8, 4) is 11.8 Å². The van der Waals surface area contributed by atoms with Gasteiger partial charge in [0.1, 0.15) is 30.0 Å². The lowest BCUT2D eigenvalue weighted by Crippen LogP contribution is -2.60. The molecule has 0 radical (unpaired) electrons. The Morgan fingerprint density at radius 1 is 1.25 bits per heavy atom. The van der Waals surface area contributed by atoms with Gasteiger partial charge >= 0.3 is 0 Å². The Morgan fingerprint density at radius 3 is 2.55 bits per heavy atom. The van der Waals surface area contributed by atoms with Gasteiger partial charge in [-0.3, -0.25) is 19.2 Å². The van der Waals surface area contributed by atoms with Crippen molar-refractivity contribution in [2.45, 2.75) is 78.3 Å². The highest BCUT2D eigenvalue weighted by Gasteiger charge is 2.69. The van der Waals surface area contributed by atoms with Crippen molar-refractivity contribution in [3.63, 3.8) is 0 Å². The van der Waals surface area contributed by atoms with Gasteiger partial charge in [-0.2, -0.15) is 5.26 Å². The molecule has 2 fully saturated rings. The van der Waals surface area contributed by atoms with E-state index in [0.29, 0.717) is 18.0 Å². The number of ether oxygens (including phenoxy) is 2. The molecule has 2 aliphatic heterocycles. The minimum absolute atomic E-state index is 0.0594. The second kappa shape index (κ2) is 10.7. The number of para-hydroxylation sites is 2. The summed E-state index contributed by atoms with van der Waals surface area (Å²) >= 11 is 0. The van der Waals surface area contributed by atoms with Crippen LogP contribution in [0.1, 0.15) is 48.0 Å². The molecule has 1 saturated heterocycles. The molecule has 0 bridgehead atoms. The Hall–Kier alpha value is -3.65. The lowest BCUT2D eigenvalue weighted by Gasteiger charge is -2.38. The first kappa shape index (κ1) is 29.3. The number of rotatable bonds is 8. The van der Waals surface area contributed by atoms with Gasteiger partial charge in [-0.1, -0.05) is 46.8 Å². The van der Waals surface area contributed by atoms with E-state index in [1.807, 2.05) is 20.8 Å². The lowest BCUT2D eigenvalue weighted by atomic mass is 9.85. The van der Waals surface area contributed by atoms with Crippen LogP contribution in [-0.2, 0) is 23.9 Å². The SMILES string of the molecule is COC(C)C(=O)NC(C(=O)N1C[C@H]2[C@@H]([C@H]1C(=O)NC(C#N)C[C@@H]1Oc3ccccc3NC1=O)C2(C)C)C(C)(C)C. The fraction of sp³-hybridized carbons (Fsp3) is 0.621. The summed E-state index contributed by atoms with van der Waals surface area (Å²) in [6.07, 6.45) is -1.77. The number of carbonyl (C=O) groups excluding carboxylic acids is 4. The molecule has 3 N–H and O–H groups in total. The van der Waals surface area contributed by atoms with Gasteiger partial charge in [0.25, 0.3) is 5.91 Å². The number of carbonyl (C=O) groups is 4. The highest BCUT2D eigenvalue weighted by Crippen LogP contribution is 2.65. The third-order valence-electron chi connectivity index (χ3n) is 8.51. The van der Waals surface area contributed by atoms with Crippen molar-refractivity contribution in [3.05, 3.63) is 24.3 Å². The van der Waals surface area contributed by atoms with Gasteiger partial charge in [-0.25, -0.2) is 0 Å². The largest absolute Gasteiger partial charge is 0.478 e. The number of methoxy groups -OCH3 is 1. The molecule has 0 aromatic heterocycles. The molecule has 11 heteroatoms. The van der Waals surface area contributed by atoms with Gasteiger partial charge < -0.3 is 30.3 Å². The van der Waals surface area contributed by atoms with Crippen LogP contribution in [0.2, 0.25) is 0 Å². The Labute approximate surface area is 234 Å². The van der Waals surface area contributed by atoms with E-state index in [0.717, 1.165) is 0 Å². The summed E-state index contributed by atoms with van der Waals surface area (Å²) in [7, 11) is 1.42. The van der Waals surface area contributed by atoms with Crippen LogP contribution in [0.4, 0.5) is 5.69 Å². The normalized spacial score (nSPS) is 26.6. The molecule has 1 aliphatic carbocycles. The van der Waals surface area contributed by atoms with Crippen LogP contribution in [0.5, 0.6) is 5.75 Å². The van der Waals surface area contributed by atoms with E-state index in [9.17, 15) is 24.4 Å². The summed E-state index contributed by atoms with van der Waals surface area (Å²) < 4.78 is 10.9. The van der Waals surface area contributed by atoms with Crippen LogP contribution in [-0.4, -0.2) is 72.5 Å². The average molecular weight is 554 g/mol. The van der Waals surface area contributed by atoms with Gasteiger partial charge in [0, 0.05) is 20.1 Å². The third kappa shape index (κ3) is 5.50.